The molecule has 0 saturated carbocycles. The number of ether oxygens (including phenoxy) is 2. The second kappa shape index (κ2) is 17.2. The van der Waals surface area contributed by atoms with E-state index in [9.17, 15) is 19.0 Å². The van der Waals surface area contributed by atoms with Gasteiger partial charge in [0.2, 0.25) is 0 Å². The SMILES string of the molecule is CCCCC(=O)OCCCCOP(=O)(O)OCCCCOC(=O)CCCC. The van der Waals surface area contributed by atoms with Crippen LogP contribution in [-0.4, -0.2) is 43.3 Å². The van der Waals surface area contributed by atoms with E-state index in [1.165, 1.54) is 0 Å². The van der Waals surface area contributed by atoms with Gasteiger partial charge in [-0.25, -0.2) is 4.57 Å². The zero-order chi connectivity index (χ0) is 20.4. The molecule has 0 spiro atoms. The summed E-state index contributed by atoms with van der Waals surface area (Å²) in [7, 11) is -4.07. The summed E-state index contributed by atoms with van der Waals surface area (Å²) in [5.74, 6) is -0.435. The van der Waals surface area contributed by atoms with Crippen LogP contribution in [0.1, 0.15) is 78.1 Å². The Bertz CT molecular complexity index is 405. The fourth-order valence-electron chi connectivity index (χ4n) is 1.96. The summed E-state index contributed by atoms with van der Waals surface area (Å²) in [6.45, 7) is 4.66. The van der Waals surface area contributed by atoms with E-state index in [4.69, 9.17) is 18.5 Å². The first kappa shape index (κ1) is 26.1. The molecular weight excluding hydrogens is 375 g/mol. The summed E-state index contributed by atoms with van der Waals surface area (Å²) >= 11 is 0. The van der Waals surface area contributed by atoms with Gasteiger partial charge in [-0.1, -0.05) is 26.7 Å². The topological polar surface area (TPSA) is 108 Å². The average Bonchev–Trinajstić information content (AvgIpc) is 2.63. The smallest absolute Gasteiger partial charge is 0.466 e. The third kappa shape index (κ3) is 18.2. The van der Waals surface area contributed by atoms with Gasteiger partial charge < -0.3 is 14.4 Å². The molecule has 0 aliphatic rings. The molecular formula is C18H35O8P. The molecule has 0 heterocycles. The summed E-state index contributed by atoms with van der Waals surface area (Å²) in [6, 6.07) is 0. The van der Waals surface area contributed by atoms with E-state index in [1.54, 1.807) is 0 Å². The van der Waals surface area contributed by atoms with Gasteiger partial charge in [-0.15, -0.1) is 0 Å². The first-order valence-corrected chi connectivity index (χ1v) is 11.3. The molecule has 0 aromatic heterocycles. The molecule has 0 radical (unpaired) electrons. The minimum absolute atomic E-state index is 0.0509. The fourth-order valence-corrected chi connectivity index (χ4v) is 2.76. The Hall–Kier alpha value is -0.950. The highest BCUT2D eigenvalue weighted by molar-refractivity contribution is 7.47. The van der Waals surface area contributed by atoms with Gasteiger partial charge in [0.25, 0.3) is 0 Å². The van der Waals surface area contributed by atoms with Crippen molar-refractivity contribution in [1.29, 1.82) is 0 Å². The van der Waals surface area contributed by atoms with E-state index in [0.29, 0.717) is 38.5 Å². The normalized spacial score (nSPS) is 11.4. The number of rotatable bonds is 18. The lowest BCUT2D eigenvalue weighted by molar-refractivity contribution is -0.144. The standard InChI is InChI=1S/C18H35O8P/c1-3-5-11-17(19)23-13-7-9-15-25-27(21,22)26-16-10-8-14-24-18(20)12-6-4-2/h3-16H2,1-2H3,(H,21,22). The maximum Gasteiger partial charge on any atom is 0.472 e. The molecule has 0 rings (SSSR count). The molecule has 27 heavy (non-hydrogen) atoms. The van der Waals surface area contributed by atoms with Crippen molar-refractivity contribution >= 4 is 19.8 Å². The van der Waals surface area contributed by atoms with Crippen LogP contribution in [0.3, 0.4) is 0 Å². The van der Waals surface area contributed by atoms with Crippen LogP contribution < -0.4 is 0 Å². The minimum Gasteiger partial charge on any atom is -0.466 e. The van der Waals surface area contributed by atoms with Crippen molar-refractivity contribution in [3.05, 3.63) is 0 Å². The highest BCUT2D eigenvalue weighted by Gasteiger charge is 2.20. The highest BCUT2D eigenvalue weighted by Crippen LogP contribution is 2.43. The Kier molecular flexibility index (Phi) is 16.6. The molecule has 0 saturated heterocycles. The molecule has 0 amide bonds. The molecule has 0 fully saturated rings. The maximum absolute atomic E-state index is 11.7. The summed E-state index contributed by atoms with van der Waals surface area (Å²) in [6.07, 6.45) is 6.45. The third-order valence-electron chi connectivity index (χ3n) is 3.58. The summed E-state index contributed by atoms with van der Waals surface area (Å²) in [4.78, 5) is 32.1. The fraction of sp³-hybridized carbons (Fsp3) is 0.889. The largest absolute Gasteiger partial charge is 0.472 e. The summed E-state index contributed by atoms with van der Waals surface area (Å²) in [5, 5.41) is 0. The van der Waals surface area contributed by atoms with Crippen LogP contribution in [0.15, 0.2) is 0 Å². The predicted octanol–water partition coefficient (Wildman–Crippen LogP) is 4.15. The van der Waals surface area contributed by atoms with Gasteiger partial charge in [0, 0.05) is 12.8 Å². The maximum atomic E-state index is 11.7. The van der Waals surface area contributed by atoms with Gasteiger partial charge in [0.05, 0.1) is 26.4 Å². The summed E-state index contributed by atoms with van der Waals surface area (Å²) < 4.78 is 31.4. The van der Waals surface area contributed by atoms with E-state index in [1.807, 2.05) is 13.8 Å². The Balaban J connectivity index is 3.54. The number of hydrogen-bond donors (Lipinski definition) is 1. The van der Waals surface area contributed by atoms with E-state index < -0.39 is 7.82 Å². The zero-order valence-corrected chi connectivity index (χ0v) is 17.5. The molecule has 0 aliphatic heterocycles. The first-order valence-electron chi connectivity index (χ1n) is 9.84. The second-order valence-corrected chi connectivity index (χ2v) is 7.65. The van der Waals surface area contributed by atoms with Crippen LogP contribution in [0, 0.1) is 0 Å². The van der Waals surface area contributed by atoms with Crippen molar-refractivity contribution < 1.29 is 37.6 Å². The molecule has 0 aromatic rings. The number of esters is 2. The second-order valence-electron chi connectivity index (χ2n) is 6.20. The van der Waals surface area contributed by atoms with E-state index in [0.717, 1.165) is 25.7 Å². The Labute approximate surface area is 162 Å². The molecule has 0 aromatic carbocycles. The lowest BCUT2D eigenvalue weighted by Gasteiger charge is -2.12. The average molecular weight is 410 g/mol. The van der Waals surface area contributed by atoms with Crippen molar-refractivity contribution in [3.8, 4) is 0 Å². The van der Waals surface area contributed by atoms with Crippen molar-refractivity contribution in [2.24, 2.45) is 0 Å². The number of phosphoric acid groups is 1. The van der Waals surface area contributed by atoms with Crippen LogP contribution in [-0.2, 0) is 32.7 Å². The molecule has 8 nitrogen and oxygen atoms in total. The van der Waals surface area contributed by atoms with Crippen LogP contribution >= 0.6 is 7.82 Å². The van der Waals surface area contributed by atoms with Crippen molar-refractivity contribution in [1.82, 2.24) is 0 Å². The van der Waals surface area contributed by atoms with E-state index in [-0.39, 0.29) is 38.4 Å². The van der Waals surface area contributed by atoms with Gasteiger partial charge in [0.15, 0.2) is 0 Å². The molecule has 160 valence electrons. The lowest BCUT2D eigenvalue weighted by Crippen LogP contribution is -2.07. The Morgan fingerprint density at radius 1 is 0.704 bits per heavy atom. The number of hydrogen-bond acceptors (Lipinski definition) is 7. The van der Waals surface area contributed by atoms with Crippen molar-refractivity contribution in [2.45, 2.75) is 78.1 Å². The van der Waals surface area contributed by atoms with E-state index in [2.05, 4.69) is 0 Å². The zero-order valence-electron chi connectivity index (χ0n) is 16.7. The van der Waals surface area contributed by atoms with Crippen molar-refractivity contribution in [3.63, 3.8) is 0 Å². The molecule has 0 unspecified atom stereocenters. The lowest BCUT2D eigenvalue weighted by atomic mass is 10.2. The molecule has 0 atom stereocenters. The minimum atomic E-state index is -4.07. The number of carbonyl (C=O) groups is 2. The predicted molar refractivity (Wildman–Crippen MR) is 101 cm³/mol. The number of unbranched alkanes of at least 4 members (excludes halogenated alkanes) is 4. The number of phosphoric ester groups is 1. The van der Waals surface area contributed by atoms with E-state index >= 15 is 0 Å². The Morgan fingerprint density at radius 3 is 1.44 bits per heavy atom. The van der Waals surface area contributed by atoms with Gasteiger partial charge in [-0.05, 0) is 38.5 Å². The molecule has 1 N–H and O–H groups in total. The van der Waals surface area contributed by atoms with Gasteiger partial charge in [0.1, 0.15) is 0 Å². The quantitative estimate of drug-likeness (QED) is 0.204. The molecule has 0 aliphatic carbocycles. The van der Waals surface area contributed by atoms with Crippen LogP contribution in [0.4, 0.5) is 0 Å². The number of carbonyl (C=O) groups excluding carboxylic acids is 2. The third-order valence-corrected chi connectivity index (χ3v) is 4.60. The van der Waals surface area contributed by atoms with Gasteiger partial charge >= 0.3 is 19.8 Å². The Morgan fingerprint density at radius 2 is 1.07 bits per heavy atom. The highest BCUT2D eigenvalue weighted by atomic mass is 31.2. The van der Waals surface area contributed by atoms with Crippen molar-refractivity contribution in [2.75, 3.05) is 26.4 Å². The summed E-state index contributed by atoms with van der Waals surface area (Å²) in [5.41, 5.74) is 0. The van der Waals surface area contributed by atoms with Crippen LogP contribution in [0.25, 0.3) is 0 Å². The molecule has 9 heteroatoms. The van der Waals surface area contributed by atoms with Gasteiger partial charge in [-0.3, -0.25) is 18.6 Å². The monoisotopic (exact) mass is 410 g/mol. The first-order chi connectivity index (χ1) is 12.9. The van der Waals surface area contributed by atoms with Crippen LogP contribution in [0.5, 0.6) is 0 Å². The van der Waals surface area contributed by atoms with Gasteiger partial charge in [-0.2, -0.15) is 0 Å². The molecule has 0 bridgehead atoms. The van der Waals surface area contributed by atoms with Crippen LogP contribution in [0.2, 0.25) is 0 Å².